The number of hydrogen-bond donors (Lipinski definition) is 2. The summed E-state index contributed by atoms with van der Waals surface area (Å²) in [5.41, 5.74) is 4.89. The van der Waals surface area contributed by atoms with Gasteiger partial charge in [0.2, 0.25) is 0 Å². The van der Waals surface area contributed by atoms with Gasteiger partial charge in [0.15, 0.2) is 11.5 Å². The Labute approximate surface area is 209 Å². The van der Waals surface area contributed by atoms with Crippen LogP contribution in [0.5, 0.6) is 5.75 Å². The summed E-state index contributed by atoms with van der Waals surface area (Å²) in [4.78, 5) is 31.6. The Balaban J connectivity index is 1.47. The molecule has 5 rings (SSSR count). The number of aromatic amines is 1. The Morgan fingerprint density at radius 1 is 1.06 bits per heavy atom. The minimum absolute atomic E-state index is 0.117. The fourth-order valence-corrected chi connectivity index (χ4v) is 4.87. The SMILES string of the molecule is COc1ccc2[nH]cc(CCN3C(=O)C(O)=C(C(=O)Cc4ccccc4)C3c3ccc(C)cc3)c2c1. The Morgan fingerprint density at radius 3 is 2.53 bits per heavy atom. The molecule has 1 aliphatic heterocycles. The number of aromatic nitrogens is 1. The second kappa shape index (κ2) is 9.74. The first-order valence-electron chi connectivity index (χ1n) is 12.0. The van der Waals surface area contributed by atoms with Gasteiger partial charge in [-0.05, 0) is 48.2 Å². The number of ketones is 1. The van der Waals surface area contributed by atoms with E-state index in [4.69, 9.17) is 4.74 Å². The number of carbonyl (C=O) groups excluding carboxylic acids is 2. The quantitative estimate of drug-likeness (QED) is 0.362. The number of aliphatic hydroxyl groups excluding tert-OH is 1. The first-order chi connectivity index (χ1) is 17.5. The molecule has 6 nitrogen and oxygen atoms in total. The third-order valence-electron chi connectivity index (χ3n) is 6.80. The van der Waals surface area contributed by atoms with Gasteiger partial charge < -0.3 is 19.7 Å². The number of rotatable bonds is 8. The van der Waals surface area contributed by atoms with Crippen LogP contribution in [0.1, 0.15) is 28.3 Å². The number of aliphatic hydroxyl groups is 1. The molecule has 2 N–H and O–H groups in total. The van der Waals surface area contributed by atoms with Crippen molar-refractivity contribution in [3.8, 4) is 5.75 Å². The largest absolute Gasteiger partial charge is 0.503 e. The number of methoxy groups -OCH3 is 1. The zero-order valence-electron chi connectivity index (χ0n) is 20.3. The number of aryl methyl sites for hydroxylation is 1. The van der Waals surface area contributed by atoms with Crippen molar-refractivity contribution in [1.82, 2.24) is 9.88 Å². The van der Waals surface area contributed by atoms with Gasteiger partial charge in [-0.15, -0.1) is 0 Å². The van der Waals surface area contributed by atoms with Gasteiger partial charge in [0.25, 0.3) is 5.91 Å². The molecule has 0 spiro atoms. The average Bonchev–Trinajstić information content (AvgIpc) is 3.41. The van der Waals surface area contributed by atoms with Gasteiger partial charge in [-0.1, -0.05) is 60.2 Å². The van der Waals surface area contributed by atoms with E-state index in [1.807, 2.05) is 85.9 Å². The monoisotopic (exact) mass is 480 g/mol. The van der Waals surface area contributed by atoms with E-state index < -0.39 is 17.7 Å². The molecule has 2 heterocycles. The van der Waals surface area contributed by atoms with Crippen LogP contribution < -0.4 is 4.74 Å². The molecule has 1 aromatic heterocycles. The van der Waals surface area contributed by atoms with Crippen molar-refractivity contribution in [3.63, 3.8) is 0 Å². The molecule has 0 saturated carbocycles. The first-order valence-corrected chi connectivity index (χ1v) is 12.0. The Hall–Kier alpha value is -4.32. The molecule has 36 heavy (non-hydrogen) atoms. The minimum Gasteiger partial charge on any atom is -0.503 e. The van der Waals surface area contributed by atoms with E-state index in [1.54, 1.807) is 12.0 Å². The molecule has 1 atom stereocenters. The molecule has 6 heteroatoms. The van der Waals surface area contributed by atoms with E-state index in [0.29, 0.717) is 13.0 Å². The number of benzene rings is 3. The van der Waals surface area contributed by atoms with E-state index in [0.717, 1.165) is 38.9 Å². The average molecular weight is 481 g/mol. The number of hydrogen-bond acceptors (Lipinski definition) is 4. The normalized spacial score (nSPS) is 15.7. The van der Waals surface area contributed by atoms with Crippen molar-refractivity contribution in [2.45, 2.75) is 25.8 Å². The highest BCUT2D eigenvalue weighted by Gasteiger charge is 2.43. The number of nitrogens with zero attached hydrogens (tertiary/aromatic N) is 1. The van der Waals surface area contributed by atoms with Crippen molar-refractivity contribution in [2.24, 2.45) is 0 Å². The van der Waals surface area contributed by atoms with E-state index in [9.17, 15) is 14.7 Å². The summed E-state index contributed by atoms with van der Waals surface area (Å²) in [5.74, 6) is -0.472. The number of carbonyl (C=O) groups is 2. The highest BCUT2D eigenvalue weighted by molar-refractivity contribution is 6.09. The van der Waals surface area contributed by atoms with Crippen molar-refractivity contribution in [1.29, 1.82) is 0 Å². The van der Waals surface area contributed by atoms with Gasteiger partial charge >= 0.3 is 0 Å². The number of Topliss-reactive ketones (excluding diaryl/α,β-unsaturated/α-hetero) is 1. The number of H-pyrrole nitrogens is 1. The van der Waals surface area contributed by atoms with Gasteiger partial charge in [-0.2, -0.15) is 0 Å². The fourth-order valence-electron chi connectivity index (χ4n) is 4.87. The van der Waals surface area contributed by atoms with Crippen LogP contribution in [0.2, 0.25) is 0 Å². The first kappa shape index (κ1) is 23.4. The molecular weight excluding hydrogens is 452 g/mol. The van der Waals surface area contributed by atoms with Gasteiger partial charge in [0, 0.05) is 30.1 Å². The summed E-state index contributed by atoms with van der Waals surface area (Å²) >= 11 is 0. The van der Waals surface area contributed by atoms with Crippen LogP contribution in [-0.2, 0) is 22.4 Å². The van der Waals surface area contributed by atoms with E-state index in [1.165, 1.54) is 0 Å². The summed E-state index contributed by atoms with van der Waals surface area (Å²) in [7, 11) is 1.63. The summed E-state index contributed by atoms with van der Waals surface area (Å²) < 4.78 is 5.37. The molecule has 0 aliphatic carbocycles. The predicted molar refractivity (Wildman–Crippen MR) is 139 cm³/mol. The lowest BCUT2D eigenvalue weighted by Gasteiger charge is -2.27. The summed E-state index contributed by atoms with van der Waals surface area (Å²) in [6.07, 6.45) is 2.60. The molecule has 182 valence electrons. The second-order valence-corrected chi connectivity index (χ2v) is 9.14. The van der Waals surface area contributed by atoms with Gasteiger partial charge in [0.05, 0.1) is 18.7 Å². The lowest BCUT2D eigenvalue weighted by Crippen LogP contribution is -2.33. The maximum Gasteiger partial charge on any atom is 0.290 e. The zero-order chi connectivity index (χ0) is 25.2. The van der Waals surface area contributed by atoms with E-state index in [-0.39, 0.29) is 17.8 Å². The van der Waals surface area contributed by atoms with Crippen LogP contribution >= 0.6 is 0 Å². The Bertz CT molecular complexity index is 1450. The molecule has 1 amide bonds. The molecule has 1 aliphatic rings. The molecule has 0 bridgehead atoms. The van der Waals surface area contributed by atoms with Crippen molar-refractivity contribution < 1.29 is 19.4 Å². The molecule has 0 radical (unpaired) electrons. The molecule has 3 aromatic carbocycles. The highest BCUT2D eigenvalue weighted by Crippen LogP contribution is 2.38. The number of nitrogens with one attached hydrogen (secondary N) is 1. The molecular formula is C30H28N2O4. The standard InChI is InChI=1S/C30H28N2O4/c1-19-8-10-21(11-9-19)28-27(26(33)16-20-6-4-3-5-7-20)29(34)30(35)32(28)15-14-22-18-31-25-13-12-23(36-2)17-24(22)25/h3-13,17-18,28,31,34H,14-16H2,1-2H3. The lowest BCUT2D eigenvalue weighted by molar-refractivity contribution is -0.129. The highest BCUT2D eigenvalue weighted by atomic mass is 16.5. The topological polar surface area (TPSA) is 82.6 Å². The number of fused-ring (bicyclic) bond motifs is 1. The van der Waals surface area contributed by atoms with Crippen LogP contribution in [0.25, 0.3) is 10.9 Å². The summed E-state index contributed by atoms with van der Waals surface area (Å²) in [6, 6.07) is 22.3. The molecule has 1 unspecified atom stereocenters. The maximum absolute atomic E-state index is 13.4. The minimum atomic E-state index is -0.644. The van der Waals surface area contributed by atoms with Gasteiger partial charge in [0.1, 0.15) is 5.75 Å². The smallest absolute Gasteiger partial charge is 0.290 e. The third kappa shape index (κ3) is 4.38. The van der Waals surface area contributed by atoms with Gasteiger partial charge in [-0.3, -0.25) is 9.59 Å². The maximum atomic E-state index is 13.4. The molecule has 0 saturated heterocycles. The number of amides is 1. The summed E-state index contributed by atoms with van der Waals surface area (Å²) in [6.45, 7) is 2.33. The van der Waals surface area contributed by atoms with Crippen LogP contribution in [0.4, 0.5) is 0 Å². The van der Waals surface area contributed by atoms with E-state index >= 15 is 0 Å². The van der Waals surface area contributed by atoms with Gasteiger partial charge in [-0.25, -0.2) is 0 Å². The van der Waals surface area contributed by atoms with Crippen LogP contribution in [0, 0.1) is 6.92 Å². The van der Waals surface area contributed by atoms with Crippen molar-refractivity contribution >= 4 is 22.6 Å². The number of ether oxygens (including phenoxy) is 1. The van der Waals surface area contributed by atoms with Crippen LogP contribution in [0.3, 0.4) is 0 Å². The molecule has 4 aromatic rings. The Kier molecular flexibility index (Phi) is 6.34. The van der Waals surface area contributed by atoms with Crippen LogP contribution in [0.15, 0.2) is 90.3 Å². The van der Waals surface area contributed by atoms with Crippen LogP contribution in [-0.4, -0.2) is 40.3 Å². The Morgan fingerprint density at radius 2 is 1.81 bits per heavy atom. The molecule has 0 fully saturated rings. The summed E-state index contributed by atoms with van der Waals surface area (Å²) in [5, 5.41) is 11.9. The third-order valence-corrected chi connectivity index (χ3v) is 6.80. The predicted octanol–water partition coefficient (Wildman–Crippen LogP) is 5.23. The van der Waals surface area contributed by atoms with Crippen molar-refractivity contribution in [2.75, 3.05) is 13.7 Å². The lowest BCUT2D eigenvalue weighted by atomic mass is 9.92. The van der Waals surface area contributed by atoms with E-state index in [2.05, 4.69) is 4.98 Å². The zero-order valence-corrected chi connectivity index (χ0v) is 20.3. The van der Waals surface area contributed by atoms with Crippen molar-refractivity contribution in [3.05, 3.63) is 113 Å². The fraction of sp³-hybridized carbons (Fsp3) is 0.200. The second-order valence-electron chi connectivity index (χ2n) is 9.14.